The first-order valence-electron chi connectivity index (χ1n) is 8.72. The first kappa shape index (κ1) is 19.7. The smallest absolute Gasteiger partial charge is 0.243 e. The second kappa shape index (κ2) is 9.72. The van der Waals surface area contributed by atoms with Gasteiger partial charge in [-0.25, -0.2) is 9.98 Å². The van der Waals surface area contributed by atoms with Gasteiger partial charge in [-0.3, -0.25) is 4.79 Å². The highest BCUT2D eigenvalue weighted by Crippen LogP contribution is 2.16. The van der Waals surface area contributed by atoms with E-state index in [0.29, 0.717) is 19.0 Å². The summed E-state index contributed by atoms with van der Waals surface area (Å²) in [5.41, 5.74) is 1.06. The lowest BCUT2D eigenvalue weighted by atomic mass is 10.1. The fourth-order valence-electron chi connectivity index (χ4n) is 2.42. The maximum absolute atomic E-state index is 11.8. The summed E-state index contributed by atoms with van der Waals surface area (Å²) >= 11 is 1.68. The maximum Gasteiger partial charge on any atom is 0.243 e. The fraction of sp³-hybridized carbons (Fsp3) is 0.706. The number of hydrogen-bond donors (Lipinski definition) is 2. The summed E-state index contributed by atoms with van der Waals surface area (Å²) in [6, 6.07) is 0. The van der Waals surface area contributed by atoms with Gasteiger partial charge in [-0.15, -0.1) is 11.3 Å². The van der Waals surface area contributed by atoms with E-state index in [1.807, 2.05) is 6.92 Å². The van der Waals surface area contributed by atoms with Crippen LogP contribution in [0.1, 0.15) is 34.8 Å². The third-order valence-corrected chi connectivity index (χ3v) is 5.20. The summed E-state index contributed by atoms with van der Waals surface area (Å²) in [4.78, 5) is 23.5. The van der Waals surface area contributed by atoms with Crippen LogP contribution in [0, 0.1) is 13.8 Å². The van der Waals surface area contributed by atoms with Gasteiger partial charge in [0.25, 0.3) is 0 Å². The van der Waals surface area contributed by atoms with Gasteiger partial charge >= 0.3 is 0 Å². The highest BCUT2D eigenvalue weighted by molar-refractivity contribution is 7.11. The number of likely N-dealkylation sites (N-methyl/N-ethyl adjacent to an activating group) is 1. The molecule has 2 rings (SSSR count). The minimum atomic E-state index is -0.0315. The molecule has 0 radical (unpaired) electrons. The lowest BCUT2D eigenvalue weighted by Crippen LogP contribution is -2.43. The fourth-order valence-corrected chi connectivity index (χ4v) is 3.29. The zero-order valence-electron chi connectivity index (χ0n) is 15.6. The van der Waals surface area contributed by atoms with Crippen LogP contribution in [-0.2, 0) is 16.1 Å². The molecule has 8 heteroatoms. The zero-order valence-corrected chi connectivity index (χ0v) is 16.4. The van der Waals surface area contributed by atoms with Crippen LogP contribution in [0.2, 0.25) is 0 Å². The Morgan fingerprint density at radius 1 is 1.36 bits per heavy atom. The highest BCUT2D eigenvalue weighted by atomic mass is 32.1. The summed E-state index contributed by atoms with van der Waals surface area (Å²) < 4.78 is 5.74. The van der Waals surface area contributed by atoms with E-state index in [9.17, 15) is 4.79 Å². The average molecular weight is 368 g/mol. The van der Waals surface area contributed by atoms with Gasteiger partial charge in [0.15, 0.2) is 5.96 Å². The summed E-state index contributed by atoms with van der Waals surface area (Å²) in [6.45, 7) is 6.30. The monoisotopic (exact) mass is 367 g/mol. The van der Waals surface area contributed by atoms with Crippen LogP contribution in [0.4, 0.5) is 0 Å². The molecule has 1 aliphatic heterocycles. The topological polar surface area (TPSA) is 78.9 Å². The third kappa shape index (κ3) is 6.62. The summed E-state index contributed by atoms with van der Waals surface area (Å²) in [6.07, 6.45) is 3.59. The number of carbonyl (C=O) groups is 1. The molecule has 1 aromatic heterocycles. The van der Waals surface area contributed by atoms with E-state index >= 15 is 0 Å². The summed E-state index contributed by atoms with van der Waals surface area (Å²) in [5.74, 6) is 0.589. The molecule has 1 fully saturated rings. The van der Waals surface area contributed by atoms with E-state index in [1.54, 1.807) is 30.3 Å². The molecule has 0 aromatic carbocycles. The Kier molecular flexibility index (Phi) is 7.64. The molecule has 1 saturated heterocycles. The highest BCUT2D eigenvalue weighted by Gasteiger charge is 2.14. The molecule has 1 aromatic rings. The van der Waals surface area contributed by atoms with Crippen molar-refractivity contribution in [3.8, 4) is 0 Å². The lowest BCUT2D eigenvalue weighted by molar-refractivity contribution is -0.127. The quantitative estimate of drug-likeness (QED) is 0.588. The minimum absolute atomic E-state index is 0.0315. The molecule has 25 heavy (non-hydrogen) atoms. The van der Waals surface area contributed by atoms with Crippen LogP contribution < -0.4 is 10.6 Å². The Morgan fingerprint density at radius 3 is 2.76 bits per heavy atom. The van der Waals surface area contributed by atoms with Gasteiger partial charge in [0.2, 0.25) is 5.91 Å². The third-order valence-electron chi connectivity index (χ3n) is 4.12. The van der Waals surface area contributed by atoms with Gasteiger partial charge in [-0.05, 0) is 33.1 Å². The lowest BCUT2D eigenvalue weighted by Gasteiger charge is -2.23. The Balaban J connectivity index is 1.92. The van der Waals surface area contributed by atoms with Crippen molar-refractivity contribution < 1.29 is 9.53 Å². The number of amides is 1. The van der Waals surface area contributed by atoms with E-state index in [1.165, 1.54) is 11.3 Å². The van der Waals surface area contributed by atoms with Crippen LogP contribution in [0.3, 0.4) is 0 Å². The zero-order chi connectivity index (χ0) is 18.2. The maximum atomic E-state index is 11.8. The van der Waals surface area contributed by atoms with Gasteiger partial charge in [-0.1, -0.05) is 0 Å². The van der Waals surface area contributed by atoms with Crippen LogP contribution in [0.15, 0.2) is 4.99 Å². The number of aryl methyl sites for hydroxylation is 2. The Bertz CT molecular complexity index is 574. The van der Waals surface area contributed by atoms with E-state index in [0.717, 1.165) is 30.2 Å². The van der Waals surface area contributed by atoms with Crippen LogP contribution in [-0.4, -0.2) is 61.6 Å². The molecule has 1 unspecified atom stereocenters. The molecule has 1 amide bonds. The molecule has 0 spiro atoms. The number of carbonyl (C=O) groups excluding carboxylic acids is 1. The number of aliphatic imine (C=N–C) groups is 1. The number of nitrogens with zero attached hydrogens (tertiary/aromatic N) is 3. The van der Waals surface area contributed by atoms with Gasteiger partial charge in [0.1, 0.15) is 11.6 Å². The molecule has 7 nitrogen and oxygen atoms in total. The van der Waals surface area contributed by atoms with Crippen molar-refractivity contribution in [1.82, 2.24) is 20.5 Å². The number of rotatable bonds is 6. The molecule has 140 valence electrons. The summed E-state index contributed by atoms with van der Waals surface area (Å²) in [5, 5.41) is 7.58. The van der Waals surface area contributed by atoms with Crippen molar-refractivity contribution in [1.29, 1.82) is 0 Å². The standard InChI is InChI=1S/C17H29N5O2S/c1-12-13(2)25-15(21-12)10-19-17(20-11-16(23)22(3)4)18-9-14-7-5-6-8-24-14/h14H,5-11H2,1-4H3,(H2,18,19,20). The number of thiazole rings is 1. The van der Waals surface area contributed by atoms with Gasteiger partial charge in [-0.2, -0.15) is 0 Å². The SMILES string of the molecule is Cc1nc(CNC(=NCC(=O)N(C)C)NCC2CCCCO2)sc1C. The average Bonchev–Trinajstić information content (AvgIpc) is 2.92. The minimum Gasteiger partial charge on any atom is -0.376 e. The molecule has 1 atom stereocenters. The summed E-state index contributed by atoms with van der Waals surface area (Å²) in [7, 11) is 3.46. The first-order valence-corrected chi connectivity index (χ1v) is 9.54. The van der Waals surface area contributed by atoms with E-state index in [-0.39, 0.29) is 18.6 Å². The second-order valence-electron chi connectivity index (χ2n) is 6.43. The van der Waals surface area contributed by atoms with Crippen molar-refractivity contribution in [2.45, 2.75) is 45.8 Å². The van der Waals surface area contributed by atoms with Gasteiger partial charge < -0.3 is 20.3 Å². The van der Waals surface area contributed by atoms with Crippen LogP contribution in [0.25, 0.3) is 0 Å². The number of aromatic nitrogens is 1. The molecule has 0 bridgehead atoms. The van der Waals surface area contributed by atoms with Crippen LogP contribution >= 0.6 is 11.3 Å². The van der Waals surface area contributed by atoms with Crippen molar-refractivity contribution in [3.05, 3.63) is 15.6 Å². The molecule has 0 aliphatic carbocycles. The molecular formula is C17H29N5O2S. The van der Waals surface area contributed by atoms with E-state index in [4.69, 9.17) is 4.74 Å². The molecule has 2 heterocycles. The van der Waals surface area contributed by atoms with Crippen molar-refractivity contribution >= 4 is 23.2 Å². The second-order valence-corrected chi connectivity index (χ2v) is 7.71. The predicted octanol–water partition coefficient (Wildman–Crippen LogP) is 1.45. The largest absolute Gasteiger partial charge is 0.376 e. The van der Waals surface area contributed by atoms with Crippen molar-refractivity contribution in [2.24, 2.45) is 4.99 Å². The Morgan fingerprint density at radius 2 is 2.16 bits per heavy atom. The number of ether oxygens (including phenoxy) is 1. The molecule has 0 saturated carbocycles. The normalized spacial score (nSPS) is 18.1. The van der Waals surface area contributed by atoms with E-state index < -0.39 is 0 Å². The number of hydrogen-bond acceptors (Lipinski definition) is 5. The van der Waals surface area contributed by atoms with Crippen molar-refractivity contribution in [2.75, 3.05) is 33.8 Å². The Labute approximate surface area is 153 Å². The van der Waals surface area contributed by atoms with Gasteiger partial charge in [0, 0.05) is 32.1 Å². The Hall–Kier alpha value is -1.67. The number of guanidine groups is 1. The van der Waals surface area contributed by atoms with Gasteiger partial charge in [0.05, 0.1) is 18.3 Å². The molecule has 1 aliphatic rings. The molecular weight excluding hydrogens is 338 g/mol. The molecule has 2 N–H and O–H groups in total. The number of nitrogens with one attached hydrogen (secondary N) is 2. The van der Waals surface area contributed by atoms with Crippen molar-refractivity contribution in [3.63, 3.8) is 0 Å². The van der Waals surface area contributed by atoms with E-state index in [2.05, 4.69) is 27.5 Å². The van der Waals surface area contributed by atoms with Crippen LogP contribution in [0.5, 0.6) is 0 Å². The predicted molar refractivity (Wildman–Crippen MR) is 101 cm³/mol. The first-order chi connectivity index (χ1) is 12.0.